The smallest absolute Gasteiger partial charge is 0.423 e. The van der Waals surface area contributed by atoms with Crippen LogP contribution in [0.5, 0.6) is 5.75 Å². The van der Waals surface area contributed by atoms with Crippen LogP contribution in [0.15, 0.2) is 29.3 Å². The third-order valence-electron chi connectivity index (χ3n) is 4.95. The summed E-state index contributed by atoms with van der Waals surface area (Å²) >= 11 is 0. The Morgan fingerprint density at radius 2 is 1.93 bits per heavy atom. The summed E-state index contributed by atoms with van der Waals surface area (Å²) in [5.41, 5.74) is 0.612. The zero-order valence-corrected chi connectivity index (χ0v) is 14.8. The topological polar surface area (TPSA) is 104 Å². The average Bonchev–Trinajstić information content (AvgIpc) is 3.59. The van der Waals surface area contributed by atoms with Crippen molar-refractivity contribution in [1.29, 1.82) is 0 Å². The van der Waals surface area contributed by atoms with Gasteiger partial charge in [-0.15, -0.1) is 10.1 Å². The number of amidine groups is 1. The van der Waals surface area contributed by atoms with Gasteiger partial charge in [0.25, 0.3) is 11.1 Å². The van der Waals surface area contributed by atoms with Crippen molar-refractivity contribution in [3.8, 4) is 5.75 Å². The van der Waals surface area contributed by atoms with Gasteiger partial charge in [-0.25, -0.2) is 14.7 Å². The van der Waals surface area contributed by atoms with Crippen molar-refractivity contribution in [3.63, 3.8) is 0 Å². The molecule has 9 nitrogen and oxygen atoms in total. The third kappa shape index (κ3) is 4.29. The van der Waals surface area contributed by atoms with E-state index in [2.05, 4.69) is 9.83 Å². The van der Waals surface area contributed by atoms with Crippen LogP contribution in [0.1, 0.15) is 31.2 Å². The third-order valence-corrected chi connectivity index (χ3v) is 4.95. The van der Waals surface area contributed by atoms with Crippen LogP contribution < -0.4 is 4.74 Å². The van der Waals surface area contributed by atoms with E-state index in [4.69, 9.17) is 9.47 Å². The normalized spacial score (nSPS) is 18.6. The molecule has 1 aromatic carbocycles. The number of carbonyl (C=O) groups excluding carboxylic acids is 1. The van der Waals surface area contributed by atoms with Crippen LogP contribution in [0.25, 0.3) is 0 Å². The van der Waals surface area contributed by atoms with Gasteiger partial charge in [0.05, 0.1) is 12.6 Å². The van der Waals surface area contributed by atoms with Crippen molar-refractivity contribution < 1.29 is 24.2 Å². The highest BCUT2D eigenvalue weighted by molar-refractivity contribution is 5.92. The van der Waals surface area contributed by atoms with Crippen molar-refractivity contribution in [2.24, 2.45) is 16.8 Å². The molecule has 0 saturated heterocycles. The Morgan fingerprint density at radius 3 is 2.44 bits per heavy atom. The summed E-state index contributed by atoms with van der Waals surface area (Å²) in [6.07, 6.45) is 3.97. The largest absolute Gasteiger partial charge is 0.463 e. The summed E-state index contributed by atoms with van der Waals surface area (Å²) in [6.45, 7) is 0.877. The van der Waals surface area contributed by atoms with Crippen LogP contribution in [0.2, 0.25) is 0 Å². The summed E-state index contributed by atoms with van der Waals surface area (Å²) < 4.78 is 11.1. The minimum absolute atomic E-state index is 0.0853. The van der Waals surface area contributed by atoms with E-state index in [1.165, 1.54) is 0 Å². The van der Waals surface area contributed by atoms with Gasteiger partial charge in [-0.1, -0.05) is 12.1 Å². The van der Waals surface area contributed by atoms with E-state index in [0.717, 1.165) is 25.7 Å². The van der Waals surface area contributed by atoms with Gasteiger partial charge in [-0.2, -0.15) is 0 Å². The molecule has 27 heavy (non-hydrogen) atoms. The Labute approximate surface area is 156 Å². The molecule has 4 rings (SSSR count). The lowest BCUT2D eigenvalue weighted by Gasteiger charge is -2.29. The molecular formula is C18H21N3O6. The Balaban J connectivity index is 1.46. The van der Waals surface area contributed by atoms with E-state index < -0.39 is 11.2 Å². The molecule has 0 unspecified atom stereocenters. The number of aliphatic imine (C=N–C) groups is 1. The molecule has 3 aliphatic rings. The zero-order chi connectivity index (χ0) is 18.8. The van der Waals surface area contributed by atoms with E-state index >= 15 is 0 Å². The van der Waals surface area contributed by atoms with Gasteiger partial charge < -0.3 is 14.3 Å². The Morgan fingerprint density at radius 1 is 1.26 bits per heavy atom. The maximum absolute atomic E-state index is 12.9. The monoisotopic (exact) mass is 375 g/mol. The molecule has 2 aliphatic carbocycles. The van der Waals surface area contributed by atoms with Crippen molar-refractivity contribution in [3.05, 3.63) is 39.9 Å². The maximum Gasteiger partial charge on any atom is 0.423 e. The first-order chi connectivity index (χ1) is 13.1. The lowest BCUT2D eigenvalue weighted by molar-refractivity contribution is -0.763. The number of nitrogens with zero attached hydrogens (tertiary/aromatic N) is 3. The predicted octanol–water partition coefficient (Wildman–Crippen LogP) is 2.77. The van der Waals surface area contributed by atoms with Gasteiger partial charge in [0.1, 0.15) is 19.0 Å². The molecular weight excluding hydrogens is 354 g/mol. The number of amides is 1. The Kier molecular flexibility index (Phi) is 4.83. The number of hydrogen-bond acceptors (Lipinski definition) is 7. The summed E-state index contributed by atoms with van der Waals surface area (Å²) in [4.78, 5) is 33.5. The van der Waals surface area contributed by atoms with Gasteiger partial charge in [0.2, 0.25) is 0 Å². The molecule has 0 bridgehead atoms. The maximum atomic E-state index is 12.9. The fraction of sp³-hybridized carbons (Fsp3) is 0.556. The van der Waals surface area contributed by atoms with Crippen LogP contribution in [0.4, 0.5) is 4.79 Å². The van der Waals surface area contributed by atoms with Gasteiger partial charge in [-0.05, 0) is 55.2 Å². The molecule has 1 heterocycles. The highest BCUT2D eigenvalue weighted by Crippen LogP contribution is 2.47. The quantitative estimate of drug-likeness (QED) is 0.536. The SMILES string of the molecule is O=C(Oc1ccc(CO[N+](=O)[O-])cc1)N(C1=NCCO1)C(C1CC1)C1CC1. The van der Waals surface area contributed by atoms with Crippen molar-refractivity contribution >= 4 is 12.1 Å². The van der Waals surface area contributed by atoms with Crippen LogP contribution in [0.3, 0.4) is 0 Å². The van der Waals surface area contributed by atoms with E-state index in [1.54, 1.807) is 29.2 Å². The molecule has 9 heteroatoms. The molecule has 0 aromatic heterocycles. The molecule has 1 amide bonds. The van der Waals surface area contributed by atoms with E-state index in [9.17, 15) is 14.9 Å². The molecule has 0 N–H and O–H groups in total. The summed E-state index contributed by atoms with van der Waals surface area (Å²) in [6, 6.07) is 6.88. The second kappa shape index (κ2) is 7.42. The second-order valence-corrected chi connectivity index (χ2v) is 7.06. The fourth-order valence-electron chi connectivity index (χ4n) is 3.41. The first kappa shape index (κ1) is 17.6. The standard InChI is InChI=1S/C18H21N3O6/c22-18(27-15-7-1-12(2-8-15)11-26-21(23)24)20(17-19-9-10-25-17)16(13-3-4-13)14-5-6-14/h1-2,7-8,13-14,16H,3-6,9-11H2. The summed E-state index contributed by atoms with van der Waals surface area (Å²) in [7, 11) is 0. The van der Waals surface area contributed by atoms with Crippen LogP contribution >= 0.6 is 0 Å². The predicted molar refractivity (Wildman–Crippen MR) is 93.6 cm³/mol. The first-order valence-electron chi connectivity index (χ1n) is 9.16. The fourth-order valence-corrected chi connectivity index (χ4v) is 3.41. The molecule has 0 spiro atoms. The lowest BCUT2D eigenvalue weighted by atomic mass is 10.1. The van der Waals surface area contributed by atoms with Gasteiger partial charge in [-0.3, -0.25) is 0 Å². The first-order valence-corrected chi connectivity index (χ1v) is 9.16. The van der Waals surface area contributed by atoms with Crippen molar-refractivity contribution in [2.45, 2.75) is 38.3 Å². The molecule has 0 radical (unpaired) electrons. The highest BCUT2D eigenvalue weighted by atomic mass is 16.9. The van der Waals surface area contributed by atoms with E-state index in [1.807, 2.05) is 0 Å². The minimum Gasteiger partial charge on any atom is -0.463 e. The second-order valence-electron chi connectivity index (χ2n) is 7.06. The molecule has 0 atom stereocenters. The molecule has 1 aliphatic heterocycles. The van der Waals surface area contributed by atoms with Crippen LogP contribution in [-0.2, 0) is 16.2 Å². The molecule has 2 saturated carbocycles. The lowest BCUT2D eigenvalue weighted by Crippen LogP contribution is -2.48. The number of rotatable bonds is 7. The number of hydrogen-bond donors (Lipinski definition) is 0. The van der Waals surface area contributed by atoms with Crippen LogP contribution in [-0.4, -0.2) is 41.3 Å². The summed E-state index contributed by atoms with van der Waals surface area (Å²) in [5.74, 6) is 1.33. The van der Waals surface area contributed by atoms with Crippen molar-refractivity contribution in [1.82, 2.24) is 4.90 Å². The van der Waals surface area contributed by atoms with Crippen LogP contribution in [0, 0.1) is 22.0 Å². The molecule has 1 aromatic rings. The summed E-state index contributed by atoms with van der Waals surface area (Å²) in [5, 5.41) is 9.41. The van der Waals surface area contributed by atoms with Gasteiger partial charge in [0.15, 0.2) is 0 Å². The molecule has 144 valence electrons. The van der Waals surface area contributed by atoms with Gasteiger partial charge in [0, 0.05) is 0 Å². The highest BCUT2D eigenvalue weighted by Gasteiger charge is 2.49. The number of benzene rings is 1. The van der Waals surface area contributed by atoms with E-state index in [0.29, 0.717) is 42.3 Å². The zero-order valence-electron chi connectivity index (χ0n) is 14.8. The Bertz CT molecular complexity index is 730. The van der Waals surface area contributed by atoms with Gasteiger partial charge >= 0.3 is 6.09 Å². The van der Waals surface area contributed by atoms with Crippen molar-refractivity contribution in [2.75, 3.05) is 13.2 Å². The van der Waals surface area contributed by atoms with E-state index in [-0.39, 0.29) is 12.6 Å². The molecule has 2 fully saturated rings. The number of ether oxygens (including phenoxy) is 2. The number of carbonyl (C=O) groups is 1. The average molecular weight is 375 g/mol. The minimum atomic E-state index is -0.843. The Hall–Kier alpha value is -2.84.